The summed E-state index contributed by atoms with van der Waals surface area (Å²) in [6, 6.07) is 4.17. The average molecular weight is 317 g/mol. The fraction of sp³-hybridized carbons (Fsp3) is 0.625. The van der Waals surface area contributed by atoms with E-state index < -0.39 is 13.0 Å². The second-order valence-corrected chi connectivity index (χ2v) is 7.90. The van der Waals surface area contributed by atoms with Crippen molar-refractivity contribution in [3.8, 4) is 5.75 Å². The third-order valence-corrected chi connectivity index (χ3v) is 3.96. The van der Waals surface area contributed by atoms with Crippen LogP contribution >= 0.6 is 11.9 Å². The number of ether oxygens (including phenoxy) is 1. The first-order valence-electron chi connectivity index (χ1n) is 7.06. The van der Waals surface area contributed by atoms with Gasteiger partial charge in [0.2, 0.25) is 0 Å². The van der Waals surface area contributed by atoms with Crippen molar-refractivity contribution < 1.29 is 13.5 Å². The lowest BCUT2D eigenvalue weighted by Crippen LogP contribution is -2.20. The van der Waals surface area contributed by atoms with Crippen LogP contribution in [0.1, 0.15) is 50.4 Å². The van der Waals surface area contributed by atoms with Crippen molar-refractivity contribution in [1.82, 2.24) is 4.72 Å². The van der Waals surface area contributed by atoms with Crippen LogP contribution in [0.3, 0.4) is 0 Å². The van der Waals surface area contributed by atoms with E-state index in [1.807, 2.05) is 26.0 Å². The average Bonchev–Trinajstić information content (AvgIpc) is 2.33. The van der Waals surface area contributed by atoms with Crippen LogP contribution in [0.2, 0.25) is 0 Å². The van der Waals surface area contributed by atoms with Crippen LogP contribution in [0.25, 0.3) is 0 Å². The molecule has 0 amide bonds. The number of alkyl halides is 2. The Morgan fingerprint density at radius 1 is 1.19 bits per heavy atom. The van der Waals surface area contributed by atoms with Gasteiger partial charge in [-0.15, -0.1) is 0 Å². The predicted octanol–water partition coefficient (Wildman–Crippen LogP) is 5.04. The summed E-state index contributed by atoms with van der Waals surface area (Å²) in [4.78, 5) is 0. The predicted molar refractivity (Wildman–Crippen MR) is 86.3 cm³/mol. The van der Waals surface area contributed by atoms with Crippen LogP contribution in [-0.2, 0) is 0 Å². The summed E-state index contributed by atoms with van der Waals surface area (Å²) >= 11 is 1.69. The normalized spacial score (nSPS) is 13.6. The lowest BCUT2D eigenvalue weighted by atomic mass is 10.0. The number of aryl methyl sites for hydroxylation is 2. The van der Waals surface area contributed by atoms with Gasteiger partial charge in [-0.2, -0.15) is 0 Å². The molecule has 0 fully saturated rings. The molecule has 0 heterocycles. The molecule has 1 rings (SSSR count). The molecule has 1 unspecified atom stereocenters. The van der Waals surface area contributed by atoms with Gasteiger partial charge in [0.25, 0.3) is 6.43 Å². The van der Waals surface area contributed by atoms with Crippen molar-refractivity contribution in [2.45, 2.75) is 58.8 Å². The van der Waals surface area contributed by atoms with Crippen molar-refractivity contribution in [3.63, 3.8) is 0 Å². The number of nitrogens with one attached hydrogen (secondary N) is 1. The Balaban J connectivity index is 2.82. The highest BCUT2D eigenvalue weighted by molar-refractivity contribution is 7.98. The Morgan fingerprint density at radius 2 is 1.71 bits per heavy atom. The van der Waals surface area contributed by atoms with E-state index in [-0.39, 0.29) is 10.8 Å². The molecule has 1 atom stereocenters. The quantitative estimate of drug-likeness (QED) is 0.742. The van der Waals surface area contributed by atoms with Gasteiger partial charge in [-0.3, -0.25) is 4.72 Å². The molecule has 0 aromatic heterocycles. The van der Waals surface area contributed by atoms with Crippen molar-refractivity contribution >= 4 is 11.9 Å². The van der Waals surface area contributed by atoms with Gasteiger partial charge < -0.3 is 4.74 Å². The fourth-order valence-electron chi connectivity index (χ4n) is 1.94. The number of hydrogen-bond acceptors (Lipinski definition) is 3. The first-order valence-corrected chi connectivity index (χ1v) is 7.87. The van der Waals surface area contributed by atoms with Crippen molar-refractivity contribution in [2.75, 3.05) is 6.61 Å². The summed E-state index contributed by atoms with van der Waals surface area (Å²) in [6.45, 7) is 11.8. The summed E-state index contributed by atoms with van der Waals surface area (Å²) in [5.74, 6) is 0.565. The summed E-state index contributed by atoms with van der Waals surface area (Å²) in [5.41, 5.74) is 2.91. The Bertz CT molecular complexity index is 449. The molecule has 0 radical (unpaired) electrons. The molecule has 0 bridgehead atoms. The van der Waals surface area contributed by atoms with Crippen LogP contribution in [0.5, 0.6) is 5.75 Å². The van der Waals surface area contributed by atoms with E-state index >= 15 is 0 Å². The molecule has 2 nitrogen and oxygen atoms in total. The largest absolute Gasteiger partial charge is 0.487 e. The van der Waals surface area contributed by atoms with Gasteiger partial charge in [-0.1, -0.05) is 24.1 Å². The minimum atomic E-state index is -2.45. The maximum absolute atomic E-state index is 12.3. The summed E-state index contributed by atoms with van der Waals surface area (Å²) in [5, 5.41) is 0. The Kier molecular flexibility index (Phi) is 6.47. The zero-order valence-corrected chi connectivity index (χ0v) is 14.4. The Hall–Kier alpha value is -0.810. The van der Waals surface area contributed by atoms with Gasteiger partial charge in [0.1, 0.15) is 12.4 Å². The Labute approximate surface area is 130 Å². The van der Waals surface area contributed by atoms with Gasteiger partial charge in [0.15, 0.2) is 0 Å². The second-order valence-electron chi connectivity index (χ2n) is 6.24. The van der Waals surface area contributed by atoms with E-state index in [2.05, 4.69) is 32.4 Å². The third-order valence-electron chi connectivity index (χ3n) is 2.88. The molecular weight excluding hydrogens is 292 g/mol. The summed E-state index contributed by atoms with van der Waals surface area (Å²) in [7, 11) is 0. The lowest BCUT2D eigenvalue weighted by molar-refractivity contribution is 0.0812. The first kappa shape index (κ1) is 18.2. The number of benzene rings is 1. The van der Waals surface area contributed by atoms with Gasteiger partial charge in [0.05, 0.1) is 0 Å². The van der Waals surface area contributed by atoms with Gasteiger partial charge >= 0.3 is 0 Å². The minimum Gasteiger partial charge on any atom is -0.487 e. The minimum absolute atomic E-state index is 0.138. The number of halogens is 2. The number of rotatable bonds is 6. The van der Waals surface area contributed by atoms with Crippen LogP contribution in [0.15, 0.2) is 12.1 Å². The molecule has 0 spiro atoms. The molecule has 0 saturated carbocycles. The molecule has 0 aliphatic carbocycles. The van der Waals surface area contributed by atoms with Gasteiger partial charge in [-0.05, 0) is 58.2 Å². The molecule has 21 heavy (non-hydrogen) atoms. The Morgan fingerprint density at radius 3 is 2.14 bits per heavy atom. The van der Waals surface area contributed by atoms with Gasteiger partial charge in [-0.25, -0.2) is 8.78 Å². The molecule has 120 valence electrons. The van der Waals surface area contributed by atoms with E-state index in [1.165, 1.54) is 0 Å². The summed E-state index contributed by atoms with van der Waals surface area (Å²) in [6.07, 6.45) is -2.45. The molecule has 1 aromatic carbocycles. The smallest absolute Gasteiger partial charge is 0.272 e. The molecule has 1 aromatic rings. The third kappa shape index (κ3) is 6.22. The van der Waals surface area contributed by atoms with E-state index in [1.54, 1.807) is 11.9 Å². The van der Waals surface area contributed by atoms with Crippen LogP contribution < -0.4 is 9.46 Å². The van der Waals surface area contributed by atoms with Crippen molar-refractivity contribution in [3.05, 3.63) is 28.8 Å². The second kappa shape index (κ2) is 7.45. The van der Waals surface area contributed by atoms with Gasteiger partial charge in [0, 0.05) is 10.8 Å². The zero-order valence-electron chi connectivity index (χ0n) is 13.6. The highest BCUT2D eigenvalue weighted by atomic mass is 32.2. The highest BCUT2D eigenvalue weighted by Crippen LogP contribution is 2.30. The summed E-state index contributed by atoms with van der Waals surface area (Å²) < 4.78 is 33.3. The monoisotopic (exact) mass is 317 g/mol. The molecule has 5 heteroatoms. The van der Waals surface area contributed by atoms with E-state index in [9.17, 15) is 8.78 Å². The maximum Gasteiger partial charge on any atom is 0.272 e. The maximum atomic E-state index is 12.3. The fourth-order valence-corrected chi connectivity index (χ4v) is 2.61. The highest BCUT2D eigenvalue weighted by Gasteiger charge is 2.16. The van der Waals surface area contributed by atoms with Crippen LogP contribution in [0, 0.1) is 13.8 Å². The van der Waals surface area contributed by atoms with E-state index in [0.717, 1.165) is 16.7 Å². The molecule has 0 aliphatic rings. The van der Waals surface area contributed by atoms with Crippen LogP contribution in [-0.4, -0.2) is 17.8 Å². The standard InChI is InChI=1S/C16H25F2NOS/c1-10-7-13(12(3)19-21-16(4,5)6)8-11(2)15(10)20-9-14(17)18/h7-8,12,14,19H,9H2,1-6H3. The lowest BCUT2D eigenvalue weighted by Gasteiger charge is -2.23. The van der Waals surface area contributed by atoms with E-state index in [4.69, 9.17) is 4.74 Å². The zero-order chi connectivity index (χ0) is 16.2. The SMILES string of the molecule is Cc1cc(C(C)NSC(C)(C)C)cc(C)c1OCC(F)F. The molecule has 0 saturated heterocycles. The van der Waals surface area contributed by atoms with Crippen molar-refractivity contribution in [2.24, 2.45) is 0 Å². The molecular formula is C16H25F2NOS. The van der Waals surface area contributed by atoms with Crippen LogP contribution in [0.4, 0.5) is 8.78 Å². The number of hydrogen-bond donors (Lipinski definition) is 1. The van der Waals surface area contributed by atoms with E-state index in [0.29, 0.717) is 5.75 Å². The molecule has 0 aliphatic heterocycles. The first-order chi connectivity index (χ1) is 9.60. The molecule has 1 N–H and O–H groups in total. The topological polar surface area (TPSA) is 21.3 Å². The van der Waals surface area contributed by atoms with Crippen molar-refractivity contribution in [1.29, 1.82) is 0 Å².